The number of sulfone groups is 1. The summed E-state index contributed by atoms with van der Waals surface area (Å²) >= 11 is 0. The Kier molecular flexibility index (Phi) is 3.49. The average molecular weight is 286 g/mol. The highest BCUT2D eigenvalue weighted by atomic mass is 32.2. The first-order valence-corrected chi connectivity index (χ1v) is 7.65. The summed E-state index contributed by atoms with van der Waals surface area (Å²) in [6.45, 7) is 0. The minimum Gasteiger partial charge on any atom is -0.396 e. The Bertz CT molecular complexity index is 615. The maximum absolute atomic E-state index is 13.0. The van der Waals surface area contributed by atoms with E-state index in [0.717, 1.165) is 6.07 Å². The first-order valence-electron chi connectivity index (χ1n) is 5.83. The van der Waals surface area contributed by atoms with Crippen molar-refractivity contribution >= 4 is 21.4 Å². The molecule has 1 fully saturated rings. The molecule has 0 radical (unpaired) electrons. The summed E-state index contributed by atoms with van der Waals surface area (Å²) in [5.74, 6) is -0.858. The van der Waals surface area contributed by atoms with Crippen LogP contribution in [0, 0.1) is 5.82 Å². The Morgan fingerprint density at radius 2 is 2.16 bits per heavy atom. The van der Waals surface area contributed by atoms with E-state index in [1.54, 1.807) is 7.05 Å². The number of hydrogen-bond acceptors (Lipinski definition) is 4. The molecule has 5 nitrogen and oxygen atoms in total. The molecule has 2 rings (SSSR count). The predicted octanol–water partition coefficient (Wildman–Crippen LogP) is 0.667. The summed E-state index contributed by atoms with van der Waals surface area (Å²) in [5, 5.41) is 0. The summed E-state index contributed by atoms with van der Waals surface area (Å²) in [6, 6.07) is 3.40. The monoisotopic (exact) mass is 286 g/mol. The zero-order chi connectivity index (χ0) is 14.2. The van der Waals surface area contributed by atoms with Crippen LogP contribution in [0.25, 0.3) is 0 Å². The van der Waals surface area contributed by atoms with E-state index in [9.17, 15) is 17.6 Å². The number of rotatable bonds is 2. The third-order valence-electron chi connectivity index (χ3n) is 3.32. The lowest BCUT2D eigenvalue weighted by Gasteiger charge is -2.23. The highest BCUT2D eigenvalue weighted by Gasteiger charge is 2.33. The van der Waals surface area contributed by atoms with E-state index in [4.69, 9.17) is 5.73 Å². The van der Waals surface area contributed by atoms with Crippen LogP contribution in [-0.2, 0) is 9.84 Å². The molecule has 19 heavy (non-hydrogen) atoms. The number of anilines is 1. The number of benzene rings is 1. The molecule has 1 aliphatic rings. The fourth-order valence-corrected chi connectivity index (χ4v) is 3.90. The molecule has 1 atom stereocenters. The summed E-state index contributed by atoms with van der Waals surface area (Å²) in [5.41, 5.74) is 5.57. The lowest BCUT2D eigenvalue weighted by Crippen LogP contribution is -2.37. The lowest BCUT2D eigenvalue weighted by molar-refractivity contribution is 0.0747. The number of carbonyl (C=O) groups is 1. The standard InChI is InChI=1S/C12H15FN2O3S/c1-15(9-4-5-19(17,18)7-9)12(16)8-2-3-10(13)11(14)6-8/h2-3,6,9H,4-5,7,14H2,1H3. The van der Waals surface area contributed by atoms with Gasteiger partial charge < -0.3 is 10.6 Å². The number of nitrogens with zero attached hydrogens (tertiary/aromatic N) is 1. The normalized spacial score (nSPS) is 21.3. The van der Waals surface area contributed by atoms with Crippen molar-refractivity contribution in [3.05, 3.63) is 29.6 Å². The summed E-state index contributed by atoms with van der Waals surface area (Å²) < 4.78 is 35.8. The first-order chi connectivity index (χ1) is 8.80. The lowest BCUT2D eigenvalue weighted by atomic mass is 10.1. The van der Waals surface area contributed by atoms with Crippen LogP contribution in [0.15, 0.2) is 18.2 Å². The molecular formula is C12H15FN2O3S. The zero-order valence-corrected chi connectivity index (χ0v) is 11.3. The third kappa shape index (κ3) is 2.86. The zero-order valence-electron chi connectivity index (χ0n) is 10.5. The van der Waals surface area contributed by atoms with Crippen molar-refractivity contribution in [1.29, 1.82) is 0 Å². The van der Waals surface area contributed by atoms with Gasteiger partial charge in [0, 0.05) is 18.7 Å². The van der Waals surface area contributed by atoms with Gasteiger partial charge in [-0.1, -0.05) is 0 Å². The van der Waals surface area contributed by atoms with Gasteiger partial charge in [0.05, 0.1) is 17.2 Å². The van der Waals surface area contributed by atoms with Crippen LogP contribution in [0.4, 0.5) is 10.1 Å². The third-order valence-corrected chi connectivity index (χ3v) is 5.07. The first kappa shape index (κ1) is 13.8. The molecule has 1 unspecified atom stereocenters. The quantitative estimate of drug-likeness (QED) is 0.810. The molecule has 104 valence electrons. The number of nitrogen functional groups attached to an aromatic ring is 1. The second kappa shape index (κ2) is 4.80. The summed E-state index contributed by atoms with van der Waals surface area (Å²) in [7, 11) is -1.50. The number of hydrogen-bond donors (Lipinski definition) is 1. The maximum Gasteiger partial charge on any atom is 0.253 e. The van der Waals surface area contributed by atoms with Gasteiger partial charge in [-0.3, -0.25) is 4.79 Å². The van der Waals surface area contributed by atoms with Crippen molar-refractivity contribution in [2.75, 3.05) is 24.3 Å². The van der Waals surface area contributed by atoms with Gasteiger partial charge in [0.1, 0.15) is 5.82 Å². The molecule has 0 saturated carbocycles. The SMILES string of the molecule is CN(C(=O)c1ccc(F)c(N)c1)C1CCS(=O)(=O)C1. The van der Waals surface area contributed by atoms with E-state index in [1.807, 2.05) is 0 Å². The number of carbonyl (C=O) groups excluding carboxylic acids is 1. The van der Waals surface area contributed by atoms with Gasteiger partial charge in [0.25, 0.3) is 5.91 Å². The Hall–Kier alpha value is -1.63. The Morgan fingerprint density at radius 3 is 2.68 bits per heavy atom. The molecule has 1 amide bonds. The molecule has 0 spiro atoms. The molecule has 1 aliphatic heterocycles. The van der Waals surface area contributed by atoms with Gasteiger partial charge in [-0.15, -0.1) is 0 Å². The molecule has 1 aromatic carbocycles. The summed E-state index contributed by atoms with van der Waals surface area (Å²) in [4.78, 5) is 13.5. The second-order valence-electron chi connectivity index (χ2n) is 4.71. The van der Waals surface area contributed by atoms with E-state index in [0.29, 0.717) is 6.42 Å². The molecule has 0 aromatic heterocycles. The molecule has 1 aromatic rings. The van der Waals surface area contributed by atoms with Crippen LogP contribution < -0.4 is 5.73 Å². The second-order valence-corrected chi connectivity index (χ2v) is 6.94. The van der Waals surface area contributed by atoms with Crippen molar-refractivity contribution in [2.24, 2.45) is 0 Å². The van der Waals surface area contributed by atoms with Gasteiger partial charge in [-0.25, -0.2) is 12.8 Å². The molecule has 1 heterocycles. The van der Waals surface area contributed by atoms with Gasteiger partial charge >= 0.3 is 0 Å². The fraction of sp³-hybridized carbons (Fsp3) is 0.417. The van der Waals surface area contributed by atoms with Crippen LogP contribution in [0.1, 0.15) is 16.8 Å². The number of halogens is 1. The van der Waals surface area contributed by atoms with Crippen LogP contribution in [0.3, 0.4) is 0 Å². The van der Waals surface area contributed by atoms with Gasteiger partial charge in [-0.05, 0) is 24.6 Å². The van der Waals surface area contributed by atoms with E-state index in [-0.39, 0.29) is 34.7 Å². The fourth-order valence-electron chi connectivity index (χ4n) is 2.13. The highest BCUT2D eigenvalue weighted by molar-refractivity contribution is 7.91. The molecule has 7 heteroatoms. The van der Waals surface area contributed by atoms with Crippen molar-refractivity contribution in [2.45, 2.75) is 12.5 Å². The van der Waals surface area contributed by atoms with E-state index < -0.39 is 15.7 Å². The van der Waals surface area contributed by atoms with Gasteiger partial charge in [0.2, 0.25) is 0 Å². The Balaban J connectivity index is 2.17. The molecule has 1 saturated heterocycles. The van der Waals surface area contributed by atoms with Crippen molar-refractivity contribution in [1.82, 2.24) is 4.90 Å². The number of amides is 1. The van der Waals surface area contributed by atoms with E-state index in [1.165, 1.54) is 17.0 Å². The Labute approximate surface area is 111 Å². The summed E-state index contributed by atoms with van der Waals surface area (Å²) in [6.07, 6.45) is 0.432. The largest absolute Gasteiger partial charge is 0.396 e. The minimum atomic E-state index is -3.05. The number of nitrogens with two attached hydrogens (primary N) is 1. The van der Waals surface area contributed by atoms with Crippen molar-refractivity contribution in [3.8, 4) is 0 Å². The molecule has 0 bridgehead atoms. The minimum absolute atomic E-state index is 0.0219. The van der Waals surface area contributed by atoms with Crippen molar-refractivity contribution in [3.63, 3.8) is 0 Å². The van der Waals surface area contributed by atoms with Crippen LogP contribution in [-0.4, -0.2) is 43.8 Å². The highest BCUT2D eigenvalue weighted by Crippen LogP contribution is 2.20. The van der Waals surface area contributed by atoms with E-state index >= 15 is 0 Å². The Morgan fingerprint density at radius 1 is 1.47 bits per heavy atom. The van der Waals surface area contributed by atoms with Gasteiger partial charge in [0.15, 0.2) is 9.84 Å². The topological polar surface area (TPSA) is 80.5 Å². The molecule has 2 N–H and O–H groups in total. The molecular weight excluding hydrogens is 271 g/mol. The maximum atomic E-state index is 13.0. The van der Waals surface area contributed by atoms with Crippen LogP contribution in [0.5, 0.6) is 0 Å². The van der Waals surface area contributed by atoms with Crippen LogP contribution >= 0.6 is 0 Å². The molecule has 0 aliphatic carbocycles. The predicted molar refractivity (Wildman–Crippen MR) is 70.0 cm³/mol. The van der Waals surface area contributed by atoms with Gasteiger partial charge in [-0.2, -0.15) is 0 Å². The average Bonchev–Trinajstić information content (AvgIpc) is 2.71. The van der Waals surface area contributed by atoms with E-state index in [2.05, 4.69) is 0 Å². The van der Waals surface area contributed by atoms with Crippen LogP contribution in [0.2, 0.25) is 0 Å². The smallest absolute Gasteiger partial charge is 0.253 e. The van der Waals surface area contributed by atoms with Crippen molar-refractivity contribution < 1.29 is 17.6 Å².